The van der Waals surface area contributed by atoms with Crippen LogP contribution in [0.15, 0.2) is 24.3 Å². The highest BCUT2D eigenvalue weighted by atomic mass is 15.1. The summed E-state index contributed by atoms with van der Waals surface area (Å²) in [6.07, 6.45) is 2.30. The van der Waals surface area contributed by atoms with Gasteiger partial charge in [-0.25, -0.2) is 4.98 Å². The third-order valence-corrected chi connectivity index (χ3v) is 3.22. The van der Waals surface area contributed by atoms with E-state index in [9.17, 15) is 0 Å². The molecule has 3 heteroatoms. The lowest BCUT2D eigenvalue weighted by atomic mass is 10.1. The molecule has 2 aromatic rings. The van der Waals surface area contributed by atoms with Crippen LogP contribution in [0.2, 0.25) is 0 Å². The monoisotopic (exact) mass is 243 g/mol. The first-order chi connectivity index (χ1) is 8.63. The van der Waals surface area contributed by atoms with Crippen LogP contribution < -0.4 is 5.73 Å². The minimum atomic E-state index is 0.784. The summed E-state index contributed by atoms with van der Waals surface area (Å²) in [6, 6.07) is 8.32. The summed E-state index contributed by atoms with van der Waals surface area (Å²) in [5, 5.41) is 0. The van der Waals surface area contributed by atoms with E-state index in [1.807, 2.05) is 13.0 Å². The summed E-state index contributed by atoms with van der Waals surface area (Å²) in [7, 11) is 0. The number of hydrogen-bond acceptors (Lipinski definition) is 2. The number of imidazole rings is 1. The van der Waals surface area contributed by atoms with Gasteiger partial charge in [0.05, 0.1) is 0 Å². The number of rotatable bonds is 4. The maximum Gasteiger partial charge on any atom is 0.131 e. The first-order valence-corrected chi connectivity index (χ1v) is 6.53. The van der Waals surface area contributed by atoms with Crippen molar-refractivity contribution >= 4 is 5.82 Å². The van der Waals surface area contributed by atoms with Crippen molar-refractivity contribution in [2.75, 3.05) is 5.73 Å². The number of anilines is 1. The molecule has 1 heterocycles. The molecule has 0 aliphatic rings. The van der Waals surface area contributed by atoms with Crippen LogP contribution in [0.1, 0.15) is 31.2 Å². The number of aryl methyl sites for hydroxylation is 2. The summed E-state index contributed by atoms with van der Waals surface area (Å²) < 4.78 is 2.11. The first-order valence-electron chi connectivity index (χ1n) is 6.53. The van der Waals surface area contributed by atoms with E-state index >= 15 is 0 Å². The fourth-order valence-electron chi connectivity index (χ4n) is 2.18. The Bertz CT molecular complexity index is 541. The number of nitrogen functional groups attached to an aromatic ring is 1. The molecule has 0 bridgehead atoms. The lowest BCUT2D eigenvalue weighted by molar-refractivity contribution is 0.622. The van der Waals surface area contributed by atoms with Crippen LogP contribution in [-0.4, -0.2) is 9.55 Å². The Kier molecular flexibility index (Phi) is 3.70. The highest BCUT2D eigenvalue weighted by Gasteiger charge is 2.13. The molecule has 1 aromatic heterocycles. The standard InChI is InChI=1S/C15H21N3/c1-4-5-9-18-12(3)17-14(15(18)16)13-8-6-7-11(2)10-13/h6-8,10H,4-5,9,16H2,1-3H3. The second-order valence-electron chi connectivity index (χ2n) is 4.77. The molecular formula is C15H21N3. The minimum Gasteiger partial charge on any atom is -0.383 e. The number of benzene rings is 1. The molecule has 0 amide bonds. The van der Waals surface area contributed by atoms with Crippen LogP contribution in [-0.2, 0) is 6.54 Å². The van der Waals surface area contributed by atoms with Gasteiger partial charge in [0.2, 0.25) is 0 Å². The van der Waals surface area contributed by atoms with Gasteiger partial charge in [0.1, 0.15) is 17.3 Å². The summed E-state index contributed by atoms with van der Waals surface area (Å²) >= 11 is 0. The molecule has 0 unspecified atom stereocenters. The fraction of sp³-hybridized carbons (Fsp3) is 0.400. The number of nitrogens with zero attached hydrogens (tertiary/aromatic N) is 2. The van der Waals surface area contributed by atoms with Crippen molar-refractivity contribution in [1.82, 2.24) is 9.55 Å². The summed E-state index contributed by atoms with van der Waals surface area (Å²) in [5.74, 6) is 1.78. The Morgan fingerprint density at radius 2 is 2.06 bits per heavy atom. The average molecular weight is 243 g/mol. The smallest absolute Gasteiger partial charge is 0.131 e. The van der Waals surface area contributed by atoms with Crippen molar-refractivity contribution in [2.45, 2.75) is 40.2 Å². The van der Waals surface area contributed by atoms with Gasteiger partial charge < -0.3 is 10.3 Å². The Hall–Kier alpha value is -1.77. The molecule has 0 fully saturated rings. The van der Waals surface area contributed by atoms with Gasteiger partial charge in [-0.05, 0) is 26.3 Å². The lowest BCUT2D eigenvalue weighted by Gasteiger charge is -2.06. The molecule has 0 radical (unpaired) electrons. The quantitative estimate of drug-likeness (QED) is 0.892. The zero-order valence-corrected chi connectivity index (χ0v) is 11.4. The number of hydrogen-bond donors (Lipinski definition) is 1. The molecule has 2 rings (SSSR count). The Morgan fingerprint density at radius 3 is 2.72 bits per heavy atom. The Balaban J connectivity index is 2.40. The average Bonchev–Trinajstić information content (AvgIpc) is 2.63. The first kappa shape index (κ1) is 12.7. The Labute approximate surface area is 109 Å². The van der Waals surface area contributed by atoms with Gasteiger partial charge in [-0.2, -0.15) is 0 Å². The molecule has 0 saturated heterocycles. The maximum atomic E-state index is 6.23. The Morgan fingerprint density at radius 1 is 1.28 bits per heavy atom. The van der Waals surface area contributed by atoms with Crippen molar-refractivity contribution in [3.63, 3.8) is 0 Å². The molecule has 0 spiro atoms. The van der Waals surface area contributed by atoms with Gasteiger partial charge in [-0.15, -0.1) is 0 Å². The number of aromatic nitrogens is 2. The van der Waals surface area contributed by atoms with Crippen molar-refractivity contribution < 1.29 is 0 Å². The molecule has 0 aliphatic carbocycles. The predicted octanol–water partition coefficient (Wildman–Crippen LogP) is 3.55. The van der Waals surface area contributed by atoms with Gasteiger partial charge in [0.15, 0.2) is 0 Å². The second-order valence-corrected chi connectivity index (χ2v) is 4.77. The van der Waals surface area contributed by atoms with Crippen molar-refractivity contribution in [3.8, 4) is 11.3 Å². The molecule has 2 N–H and O–H groups in total. The largest absolute Gasteiger partial charge is 0.383 e. The van der Waals surface area contributed by atoms with Crippen LogP contribution in [0.4, 0.5) is 5.82 Å². The van der Waals surface area contributed by atoms with E-state index in [1.54, 1.807) is 0 Å². The van der Waals surface area contributed by atoms with Crippen molar-refractivity contribution in [1.29, 1.82) is 0 Å². The third-order valence-electron chi connectivity index (χ3n) is 3.22. The van der Waals surface area contributed by atoms with E-state index < -0.39 is 0 Å². The molecular weight excluding hydrogens is 222 g/mol. The molecule has 0 saturated carbocycles. The molecule has 18 heavy (non-hydrogen) atoms. The number of nitrogens with two attached hydrogens (primary N) is 1. The van der Waals surface area contributed by atoms with Gasteiger partial charge in [-0.3, -0.25) is 0 Å². The topological polar surface area (TPSA) is 43.8 Å². The lowest BCUT2D eigenvalue weighted by Crippen LogP contribution is -2.04. The number of unbranched alkanes of at least 4 members (excludes halogenated alkanes) is 1. The summed E-state index contributed by atoms with van der Waals surface area (Å²) in [4.78, 5) is 4.61. The van der Waals surface area contributed by atoms with Crippen LogP contribution in [0, 0.1) is 13.8 Å². The molecule has 3 nitrogen and oxygen atoms in total. The van der Waals surface area contributed by atoms with Gasteiger partial charge in [0, 0.05) is 12.1 Å². The summed E-state index contributed by atoms with van der Waals surface area (Å²) in [6.45, 7) is 7.24. The highest BCUT2D eigenvalue weighted by molar-refractivity contribution is 5.71. The molecule has 0 atom stereocenters. The van der Waals surface area contributed by atoms with E-state index in [4.69, 9.17) is 5.73 Å². The van der Waals surface area contributed by atoms with E-state index in [1.165, 1.54) is 5.56 Å². The molecule has 1 aromatic carbocycles. The highest BCUT2D eigenvalue weighted by Crippen LogP contribution is 2.27. The molecule has 96 valence electrons. The van der Waals surface area contributed by atoms with E-state index in [0.29, 0.717) is 0 Å². The third kappa shape index (κ3) is 2.40. The van der Waals surface area contributed by atoms with Crippen molar-refractivity contribution in [3.05, 3.63) is 35.7 Å². The zero-order chi connectivity index (χ0) is 13.1. The van der Waals surface area contributed by atoms with Crippen LogP contribution in [0.3, 0.4) is 0 Å². The van der Waals surface area contributed by atoms with Crippen LogP contribution in [0.25, 0.3) is 11.3 Å². The normalized spacial score (nSPS) is 10.8. The molecule has 0 aliphatic heterocycles. The maximum absolute atomic E-state index is 6.23. The van der Waals surface area contributed by atoms with E-state index in [0.717, 1.165) is 42.3 Å². The summed E-state index contributed by atoms with van der Waals surface area (Å²) in [5.41, 5.74) is 9.47. The van der Waals surface area contributed by atoms with Crippen LogP contribution in [0.5, 0.6) is 0 Å². The van der Waals surface area contributed by atoms with Gasteiger partial charge in [-0.1, -0.05) is 37.1 Å². The van der Waals surface area contributed by atoms with Gasteiger partial charge in [0.25, 0.3) is 0 Å². The second kappa shape index (κ2) is 5.25. The van der Waals surface area contributed by atoms with Crippen LogP contribution >= 0.6 is 0 Å². The fourth-order valence-corrected chi connectivity index (χ4v) is 2.18. The van der Waals surface area contributed by atoms with Gasteiger partial charge >= 0.3 is 0 Å². The predicted molar refractivity (Wildman–Crippen MR) is 76.5 cm³/mol. The minimum absolute atomic E-state index is 0.784. The van der Waals surface area contributed by atoms with E-state index in [-0.39, 0.29) is 0 Å². The zero-order valence-electron chi connectivity index (χ0n) is 11.4. The SMILES string of the molecule is CCCCn1c(C)nc(-c2cccc(C)c2)c1N. The van der Waals surface area contributed by atoms with Crippen molar-refractivity contribution in [2.24, 2.45) is 0 Å². The van der Waals surface area contributed by atoms with E-state index in [2.05, 4.69) is 41.6 Å².